The molecule has 2 fully saturated rings. The highest BCUT2D eigenvalue weighted by molar-refractivity contribution is 7.99. The summed E-state index contributed by atoms with van der Waals surface area (Å²) in [6.45, 7) is 2.24. The Morgan fingerprint density at radius 3 is 2.88 bits per heavy atom. The van der Waals surface area contributed by atoms with Crippen LogP contribution in [0.25, 0.3) is 0 Å². The van der Waals surface area contributed by atoms with E-state index < -0.39 is 0 Å². The quantitative estimate of drug-likeness (QED) is 0.868. The molecular formula is C11H17N3OS. The van der Waals surface area contributed by atoms with Crippen LogP contribution in [-0.4, -0.2) is 34.7 Å². The van der Waals surface area contributed by atoms with Crippen molar-refractivity contribution in [2.45, 2.75) is 31.2 Å². The first-order valence-electron chi connectivity index (χ1n) is 5.88. The molecule has 1 aromatic heterocycles. The first-order chi connectivity index (χ1) is 7.79. The molecule has 0 aromatic carbocycles. The molecule has 4 nitrogen and oxygen atoms in total. The predicted molar refractivity (Wildman–Crippen MR) is 63.7 cm³/mol. The molecule has 4 atom stereocenters. The first kappa shape index (κ1) is 10.6. The maximum Gasteiger partial charge on any atom is 0.232 e. The summed E-state index contributed by atoms with van der Waals surface area (Å²) in [6.07, 6.45) is 1.22. The van der Waals surface area contributed by atoms with Crippen molar-refractivity contribution in [3.05, 3.63) is 11.7 Å². The number of hydrogen-bond donors (Lipinski definition) is 1. The fourth-order valence-corrected chi connectivity index (χ4v) is 3.73. The van der Waals surface area contributed by atoms with E-state index >= 15 is 0 Å². The average molecular weight is 239 g/mol. The third-order valence-electron chi connectivity index (χ3n) is 3.67. The molecule has 1 aliphatic heterocycles. The van der Waals surface area contributed by atoms with E-state index in [0.717, 1.165) is 29.1 Å². The standard InChI is InChI=1S/C11H17N3OS/c1-6-3-7(6)10-13-11(15-14-10)8-4-16-5-9(8)12-2/h6-9,12H,3-5H2,1-2H3. The van der Waals surface area contributed by atoms with E-state index in [-0.39, 0.29) is 0 Å². The van der Waals surface area contributed by atoms with Gasteiger partial charge in [-0.3, -0.25) is 0 Å². The monoisotopic (exact) mass is 239 g/mol. The van der Waals surface area contributed by atoms with Crippen molar-refractivity contribution < 1.29 is 4.52 Å². The van der Waals surface area contributed by atoms with Crippen LogP contribution < -0.4 is 5.32 Å². The molecule has 1 saturated heterocycles. The Morgan fingerprint density at radius 2 is 2.19 bits per heavy atom. The van der Waals surface area contributed by atoms with Crippen molar-refractivity contribution in [1.82, 2.24) is 15.5 Å². The molecule has 5 heteroatoms. The number of likely N-dealkylation sites (N-methyl/N-ethyl adjacent to an activating group) is 1. The lowest BCUT2D eigenvalue weighted by Gasteiger charge is -2.13. The van der Waals surface area contributed by atoms with Crippen molar-refractivity contribution in [3.63, 3.8) is 0 Å². The zero-order valence-corrected chi connectivity index (χ0v) is 10.5. The largest absolute Gasteiger partial charge is 0.339 e. The molecule has 2 aliphatic rings. The minimum atomic E-state index is 0.394. The average Bonchev–Trinajstić information content (AvgIpc) is 2.78. The van der Waals surface area contributed by atoms with E-state index in [2.05, 4.69) is 22.4 Å². The normalized spacial score (nSPS) is 37.9. The van der Waals surface area contributed by atoms with E-state index in [1.807, 2.05) is 18.8 Å². The minimum Gasteiger partial charge on any atom is -0.339 e. The number of aromatic nitrogens is 2. The van der Waals surface area contributed by atoms with Crippen LogP contribution in [0.1, 0.15) is 36.9 Å². The highest BCUT2D eigenvalue weighted by atomic mass is 32.2. The van der Waals surface area contributed by atoms with Gasteiger partial charge in [-0.1, -0.05) is 12.1 Å². The Kier molecular flexibility index (Phi) is 2.67. The zero-order valence-electron chi connectivity index (χ0n) is 9.64. The van der Waals surface area contributed by atoms with Gasteiger partial charge in [0.1, 0.15) is 0 Å². The predicted octanol–water partition coefficient (Wildman–Crippen LogP) is 1.61. The second-order valence-electron chi connectivity index (χ2n) is 4.85. The molecule has 0 spiro atoms. The van der Waals surface area contributed by atoms with Crippen LogP contribution in [0.15, 0.2) is 4.52 Å². The second-order valence-corrected chi connectivity index (χ2v) is 5.92. The van der Waals surface area contributed by atoms with Gasteiger partial charge in [0.25, 0.3) is 0 Å². The molecule has 0 bridgehead atoms. The first-order valence-corrected chi connectivity index (χ1v) is 7.03. The Hall–Kier alpha value is -0.550. The van der Waals surface area contributed by atoms with Gasteiger partial charge in [0.2, 0.25) is 5.89 Å². The Bertz CT molecular complexity index is 381. The molecule has 3 rings (SSSR count). The van der Waals surface area contributed by atoms with Crippen LogP contribution in [0.4, 0.5) is 0 Å². The third-order valence-corrected chi connectivity index (χ3v) is 4.86. The molecule has 1 aromatic rings. The van der Waals surface area contributed by atoms with Crippen LogP contribution in [0, 0.1) is 5.92 Å². The van der Waals surface area contributed by atoms with Crippen molar-refractivity contribution >= 4 is 11.8 Å². The van der Waals surface area contributed by atoms with Gasteiger partial charge in [-0.15, -0.1) is 0 Å². The molecule has 1 aliphatic carbocycles. The van der Waals surface area contributed by atoms with E-state index in [0.29, 0.717) is 17.9 Å². The second kappa shape index (κ2) is 4.04. The number of rotatable bonds is 3. The highest BCUT2D eigenvalue weighted by Crippen LogP contribution is 2.46. The molecular weight excluding hydrogens is 222 g/mol. The summed E-state index contributed by atoms with van der Waals surface area (Å²) in [7, 11) is 2.00. The maximum atomic E-state index is 5.42. The molecule has 16 heavy (non-hydrogen) atoms. The molecule has 1 saturated carbocycles. The van der Waals surface area contributed by atoms with Crippen molar-refractivity contribution in [2.24, 2.45) is 5.92 Å². The van der Waals surface area contributed by atoms with E-state index in [4.69, 9.17) is 4.52 Å². The summed E-state index contributed by atoms with van der Waals surface area (Å²) in [5.41, 5.74) is 0. The van der Waals surface area contributed by atoms with Gasteiger partial charge in [0.15, 0.2) is 5.82 Å². The number of thioether (sulfide) groups is 1. The van der Waals surface area contributed by atoms with Gasteiger partial charge in [-0.05, 0) is 19.4 Å². The minimum absolute atomic E-state index is 0.394. The molecule has 0 amide bonds. The van der Waals surface area contributed by atoms with Crippen LogP contribution in [-0.2, 0) is 0 Å². The van der Waals surface area contributed by atoms with Gasteiger partial charge in [-0.2, -0.15) is 16.7 Å². The Morgan fingerprint density at radius 1 is 1.38 bits per heavy atom. The third kappa shape index (κ3) is 1.76. The van der Waals surface area contributed by atoms with Crippen molar-refractivity contribution in [1.29, 1.82) is 0 Å². The van der Waals surface area contributed by atoms with Crippen LogP contribution >= 0.6 is 11.8 Å². The Labute approximate surface area is 99.6 Å². The molecule has 2 heterocycles. The van der Waals surface area contributed by atoms with E-state index in [9.17, 15) is 0 Å². The SMILES string of the molecule is CNC1CSCC1c1nc(C2CC2C)no1. The summed E-state index contributed by atoms with van der Waals surface area (Å²) in [5.74, 6) is 5.67. The summed E-state index contributed by atoms with van der Waals surface area (Å²) < 4.78 is 5.42. The van der Waals surface area contributed by atoms with Gasteiger partial charge in [-0.25, -0.2) is 0 Å². The lowest BCUT2D eigenvalue weighted by molar-refractivity contribution is 0.340. The number of nitrogens with one attached hydrogen (secondary N) is 1. The summed E-state index contributed by atoms with van der Waals surface area (Å²) in [6, 6.07) is 0.481. The van der Waals surface area contributed by atoms with E-state index in [1.54, 1.807) is 0 Å². The zero-order chi connectivity index (χ0) is 11.1. The summed E-state index contributed by atoms with van der Waals surface area (Å²) in [5, 5.41) is 7.45. The molecule has 88 valence electrons. The van der Waals surface area contributed by atoms with E-state index in [1.165, 1.54) is 6.42 Å². The lowest BCUT2D eigenvalue weighted by atomic mass is 10.0. The summed E-state index contributed by atoms with van der Waals surface area (Å²) >= 11 is 1.95. The number of nitrogens with zero attached hydrogens (tertiary/aromatic N) is 2. The van der Waals surface area contributed by atoms with Crippen LogP contribution in [0.5, 0.6) is 0 Å². The fraction of sp³-hybridized carbons (Fsp3) is 0.818. The van der Waals surface area contributed by atoms with Crippen molar-refractivity contribution in [2.75, 3.05) is 18.6 Å². The van der Waals surface area contributed by atoms with Crippen molar-refractivity contribution in [3.8, 4) is 0 Å². The van der Waals surface area contributed by atoms with Gasteiger partial charge < -0.3 is 9.84 Å². The molecule has 1 N–H and O–H groups in total. The lowest BCUT2D eigenvalue weighted by Crippen LogP contribution is -2.31. The Balaban J connectivity index is 1.76. The fourth-order valence-electron chi connectivity index (χ4n) is 2.31. The highest BCUT2D eigenvalue weighted by Gasteiger charge is 2.39. The van der Waals surface area contributed by atoms with Gasteiger partial charge in [0, 0.05) is 23.5 Å². The van der Waals surface area contributed by atoms with Crippen LogP contribution in [0.2, 0.25) is 0 Å². The van der Waals surface area contributed by atoms with Gasteiger partial charge >= 0.3 is 0 Å². The maximum absolute atomic E-state index is 5.42. The number of hydrogen-bond acceptors (Lipinski definition) is 5. The molecule has 4 unspecified atom stereocenters. The topological polar surface area (TPSA) is 51.0 Å². The summed E-state index contributed by atoms with van der Waals surface area (Å²) in [4.78, 5) is 4.57. The van der Waals surface area contributed by atoms with Gasteiger partial charge in [0.05, 0.1) is 5.92 Å². The molecule has 0 radical (unpaired) electrons. The van der Waals surface area contributed by atoms with Crippen LogP contribution in [0.3, 0.4) is 0 Å². The smallest absolute Gasteiger partial charge is 0.232 e.